The molecule has 84 valence electrons. The number of hydrogen-bond acceptors (Lipinski definition) is 3. The molecular formula is C12H19NOS. The number of hydrogen-bond donors (Lipinski definition) is 1. The van der Waals surface area contributed by atoms with Gasteiger partial charge >= 0.3 is 0 Å². The third kappa shape index (κ3) is 3.59. The van der Waals surface area contributed by atoms with Crippen molar-refractivity contribution in [2.24, 2.45) is 5.73 Å². The maximum Gasteiger partial charge on any atom is 0.0590 e. The molecule has 1 aromatic rings. The largest absolute Gasteiger partial charge is 0.378 e. The van der Waals surface area contributed by atoms with E-state index in [1.54, 1.807) is 11.3 Å². The fourth-order valence-electron chi connectivity index (χ4n) is 2.10. The van der Waals surface area contributed by atoms with E-state index in [1.165, 1.54) is 24.1 Å². The highest BCUT2D eigenvalue weighted by Crippen LogP contribution is 2.19. The van der Waals surface area contributed by atoms with Crippen LogP contribution in [-0.2, 0) is 11.2 Å². The molecule has 1 aromatic heterocycles. The van der Waals surface area contributed by atoms with E-state index >= 15 is 0 Å². The van der Waals surface area contributed by atoms with Crippen LogP contribution in [0, 0.1) is 0 Å². The van der Waals surface area contributed by atoms with Crippen molar-refractivity contribution in [3.05, 3.63) is 22.4 Å². The van der Waals surface area contributed by atoms with Crippen molar-refractivity contribution in [1.82, 2.24) is 0 Å². The molecule has 0 radical (unpaired) electrons. The second-order valence-corrected chi connectivity index (χ2v) is 5.30. The zero-order chi connectivity index (χ0) is 10.5. The van der Waals surface area contributed by atoms with Gasteiger partial charge < -0.3 is 10.5 Å². The molecule has 1 aliphatic rings. The SMILES string of the molecule is NC(Cc1cccs1)CC1CCCCO1. The molecule has 2 unspecified atom stereocenters. The Hall–Kier alpha value is -0.380. The maximum atomic E-state index is 6.12. The molecule has 1 fully saturated rings. The zero-order valence-electron chi connectivity index (χ0n) is 9.02. The molecule has 3 heteroatoms. The van der Waals surface area contributed by atoms with Crippen molar-refractivity contribution in [3.63, 3.8) is 0 Å². The summed E-state index contributed by atoms with van der Waals surface area (Å²) in [6.45, 7) is 0.927. The number of ether oxygens (including phenoxy) is 1. The molecule has 0 aromatic carbocycles. The van der Waals surface area contributed by atoms with Crippen LogP contribution < -0.4 is 5.73 Å². The number of thiophene rings is 1. The highest BCUT2D eigenvalue weighted by molar-refractivity contribution is 7.09. The average molecular weight is 225 g/mol. The Bertz CT molecular complexity index is 267. The second-order valence-electron chi connectivity index (χ2n) is 4.27. The minimum absolute atomic E-state index is 0.256. The van der Waals surface area contributed by atoms with Crippen molar-refractivity contribution < 1.29 is 4.74 Å². The zero-order valence-corrected chi connectivity index (χ0v) is 9.84. The highest BCUT2D eigenvalue weighted by atomic mass is 32.1. The van der Waals surface area contributed by atoms with Gasteiger partial charge in [0.1, 0.15) is 0 Å². The van der Waals surface area contributed by atoms with Crippen molar-refractivity contribution in [2.45, 2.75) is 44.2 Å². The highest BCUT2D eigenvalue weighted by Gasteiger charge is 2.17. The van der Waals surface area contributed by atoms with Crippen LogP contribution >= 0.6 is 11.3 Å². The summed E-state index contributed by atoms with van der Waals surface area (Å²) < 4.78 is 5.69. The fraction of sp³-hybridized carbons (Fsp3) is 0.667. The molecule has 15 heavy (non-hydrogen) atoms. The van der Waals surface area contributed by atoms with Crippen LogP contribution in [0.3, 0.4) is 0 Å². The molecule has 0 amide bonds. The van der Waals surface area contributed by atoms with Gasteiger partial charge in [0.2, 0.25) is 0 Å². The molecule has 2 rings (SSSR count). The van der Waals surface area contributed by atoms with E-state index in [9.17, 15) is 0 Å². The molecule has 2 heterocycles. The smallest absolute Gasteiger partial charge is 0.0590 e. The predicted molar refractivity (Wildman–Crippen MR) is 64.2 cm³/mol. The summed E-state index contributed by atoms with van der Waals surface area (Å²) in [5.74, 6) is 0. The van der Waals surface area contributed by atoms with E-state index in [4.69, 9.17) is 10.5 Å². The fourth-order valence-corrected chi connectivity index (χ4v) is 2.90. The van der Waals surface area contributed by atoms with Crippen LogP contribution in [0.2, 0.25) is 0 Å². The van der Waals surface area contributed by atoms with E-state index in [2.05, 4.69) is 17.5 Å². The van der Waals surface area contributed by atoms with Crippen LogP contribution in [0.5, 0.6) is 0 Å². The number of nitrogens with two attached hydrogens (primary N) is 1. The minimum atomic E-state index is 0.256. The molecule has 1 saturated heterocycles. The summed E-state index contributed by atoms with van der Waals surface area (Å²) in [4.78, 5) is 1.39. The molecule has 0 bridgehead atoms. The lowest BCUT2D eigenvalue weighted by Gasteiger charge is -2.25. The van der Waals surface area contributed by atoms with Crippen LogP contribution in [0.15, 0.2) is 17.5 Å². The summed E-state index contributed by atoms with van der Waals surface area (Å²) in [5.41, 5.74) is 6.12. The van der Waals surface area contributed by atoms with Crippen molar-refractivity contribution in [1.29, 1.82) is 0 Å². The van der Waals surface area contributed by atoms with Gasteiger partial charge in [0.15, 0.2) is 0 Å². The molecular weight excluding hydrogens is 206 g/mol. The first-order valence-corrected chi connectivity index (χ1v) is 6.62. The Balaban J connectivity index is 1.74. The Morgan fingerprint density at radius 3 is 3.13 bits per heavy atom. The van der Waals surface area contributed by atoms with E-state index in [0.717, 1.165) is 19.4 Å². The monoisotopic (exact) mass is 225 g/mol. The Morgan fingerprint density at radius 1 is 1.53 bits per heavy atom. The van der Waals surface area contributed by atoms with Gasteiger partial charge in [-0.25, -0.2) is 0 Å². The predicted octanol–water partition coefficient (Wildman–Crippen LogP) is 2.58. The lowest BCUT2D eigenvalue weighted by molar-refractivity contribution is 0.00751. The Morgan fingerprint density at radius 2 is 2.47 bits per heavy atom. The lowest BCUT2D eigenvalue weighted by Crippen LogP contribution is -2.31. The van der Waals surface area contributed by atoms with Gasteiger partial charge in [0, 0.05) is 17.5 Å². The quantitative estimate of drug-likeness (QED) is 0.854. The third-order valence-corrected chi connectivity index (χ3v) is 3.78. The molecule has 2 nitrogen and oxygen atoms in total. The summed E-state index contributed by atoms with van der Waals surface area (Å²) in [6.07, 6.45) is 6.13. The van der Waals surface area contributed by atoms with Crippen molar-refractivity contribution >= 4 is 11.3 Å². The molecule has 2 N–H and O–H groups in total. The van der Waals surface area contributed by atoms with E-state index in [1.807, 2.05) is 0 Å². The summed E-state index contributed by atoms with van der Waals surface area (Å²) in [6, 6.07) is 4.50. The first-order valence-electron chi connectivity index (χ1n) is 5.74. The molecule has 1 aliphatic heterocycles. The van der Waals surface area contributed by atoms with E-state index < -0.39 is 0 Å². The van der Waals surface area contributed by atoms with Gasteiger partial charge in [-0.1, -0.05) is 6.07 Å². The second kappa shape index (κ2) is 5.64. The van der Waals surface area contributed by atoms with Gasteiger partial charge in [-0.2, -0.15) is 0 Å². The van der Waals surface area contributed by atoms with Gasteiger partial charge in [0.05, 0.1) is 6.10 Å². The van der Waals surface area contributed by atoms with Crippen LogP contribution in [0.1, 0.15) is 30.6 Å². The average Bonchev–Trinajstić information content (AvgIpc) is 2.71. The first kappa shape index (κ1) is 11.1. The number of rotatable bonds is 4. The van der Waals surface area contributed by atoms with Gasteiger partial charge in [-0.3, -0.25) is 0 Å². The van der Waals surface area contributed by atoms with E-state index in [0.29, 0.717) is 6.10 Å². The Labute approximate surface area is 95.4 Å². The van der Waals surface area contributed by atoms with Gasteiger partial charge in [0.25, 0.3) is 0 Å². The topological polar surface area (TPSA) is 35.2 Å². The molecule has 2 atom stereocenters. The molecule has 0 aliphatic carbocycles. The Kier molecular flexibility index (Phi) is 4.18. The summed E-state index contributed by atoms with van der Waals surface area (Å²) in [5, 5.41) is 2.11. The van der Waals surface area contributed by atoms with Gasteiger partial charge in [-0.05, 0) is 43.6 Å². The van der Waals surface area contributed by atoms with E-state index in [-0.39, 0.29) is 6.04 Å². The lowest BCUT2D eigenvalue weighted by atomic mass is 10.00. The maximum absolute atomic E-state index is 6.12. The summed E-state index contributed by atoms with van der Waals surface area (Å²) in [7, 11) is 0. The first-order chi connectivity index (χ1) is 7.34. The molecule has 0 saturated carbocycles. The van der Waals surface area contributed by atoms with Crippen molar-refractivity contribution in [2.75, 3.05) is 6.61 Å². The van der Waals surface area contributed by atoms with Crippen LogP contribution in [0.25, 0.3) is 0 Å². The standard InChI is InChI=1S/C12H19NOS/c13-10(9-12-5-3-7-15-12)8-11-4-1-2-6-14-11/h3,5,7,10-11H,1-2,4,6,8-9,13H2. The third-order valence-electron chi connectivity index (χ3n) is 2.88. The normalized spacial score (nSPS) is 23.9. The van der Waals surface area contributed by atoms with Crippen LogP contribution in [0.4, 0.5) is 0 Å². The summed E-state index contributed by atoms with van der Waals surface area (Å²) >= 11 is 1.79. The minimum Gasteiger partial charge on any atom is -0.378 e. The van der Waals surface area contributed by atoms with Gasteiger partial charge in [-0.15, -0.1) is 11.3 Å². The van der Waals surface area contributed by atoms with Crippen molar-refractivity contribution in [3.8, 4) is 0 Å². The van der Waals surface area contributed by atoms with Crippen LogP contribution in [-0.4, -0.2) is 18.8 Å². The molecule has 0 spiro atoms.